The summed E-state index contributed by atoms with van der Waals surface area (Å²) in [5.41, 5.74) is 8.43. The third-order valence-electron chi connectivity index (χ3n) is 11.7. The number of carbonyl (C=O) groups excluding carboxylic acids is 5. The van der Waals surface area contributed by atoms with Crippen molar-refractivity contribution in [1.29, 1.82) is 0 Å². The number of amides is 5. The molecule has 0 spiro atoms. The number of nitrogens with one attached hydrogen (secondary N) is 6. The van der Waals surface area contributed by atoms with Crippen molar-refractivity contribution in [3.05, 3.63) is 138 Å². The van der Waals surface area contributed by atoms with E-state index < -0.39 is 59.7 Å². The summed E-state index contributed by atoms with van der Waals surface area (Å²) < 4.78 is 0. The van der Waals surface area contributed by atoms with Gasteiger partial charge in [0, 0.05) is 64.3 Å². The van der Waals surface area contributed by atoms with Crippen molar-refractivity contribution < 1.29 is 29.1 Å². The second-order valence-corrected chi connectivity index (χ2v) is 18.7. The maximum absolute atomic E-state index is 14.1. The molecule has 4 heterocycles. The first-order valence-corrected chi connectivity index (χ1v) is 23.0. The number of anilines is 4. The van der Waals surface area contributed by atoms with E-state index in [9.17, 15) is 29.1 Å². The Balaban J connectivity index is 0.830. The number of likely N-dealkylation sites (tertiary alicyclic amines) is 1. The topological polar surface area (TPSA) is 223 Å². The molecule has 1 saturated heterocycles. The molecule has 0 radical (unpaired) electrons. The van der Waals surface area contributed by atoms with Gasteiger partial charge in [0.15, 0.2) is 0 Å². The number of hydrogen-bond acceptors (Lipinski definition) is 11. The zero-order valence-corrected chi connectivity index (χ0v) is 39.0. The van der Waals surface area contributed by atoms with Crippen LogP contribution < -0.4 is 26.6 Å². The third kappa shape index (κ3) is 10.9. The quantitative estimate of drug-likeness (QED) is 0.0525. The molecular weight excluding hydrogens is 881 g/mol. The van der Waals surface area contributed by atoms with Gasteiger partial charge in [-0.1, -0.05) is 69.3 Å². The van der Waals surface area contributed by atoms with E-state index in [1.165, 1.54) is 11.2 Å². The third-order valence-corrected chi connectivity index (χ3v) is 12.7. The summed E-state index contributed by atoms with van der Waals surface area (Å²) >= 11 is 1.56. The molecule has 1 aliphatic heterocycles. The van der Waals surface area contributed by atoms with E-state index in [0.717, 1.165) is 43.9 Å². The lowest BCUT2D eigenvalue weighted by atomic mass is 9.85. The van der Waals surface area contributed by atoms with Gasteiger partial charge < -0.3 is 41.6 Å². The van der Waals surface area contributed by atoms with Crippen LogP contribution in [0.4, 0.5) is 22.9 Å². The van der Waals surface area contributed by atoms with Gasteiger partial charge in [-0.25, -0.2) is 15.0 Å². The number of aromatic amines is 1. The number of aryl methyl sites for hydroxylation is 1. The van der Waals surface area contributed by atoms with Crippen molar-refractivity contribution in [3.8, 4) is 21.7 Å². The predicted octanol–water partition coefficient (Wildman–Crippen LogP) is 7.75. The Morgan fingerprint density at radius 2 is 1.59 bits per heavy atom. The number of aliphatic hydroxyl groups excluding tert-OH is 1. The van der Waals surface area contributed by atoms with Crippen LogP contribution in [0.1, 0.15) is 68.2 Å². The lowest BCUT2D eigenvalue weighted by Crippen LogP contribution is -2.58. The maximum Gasteiger partial charge on any atom is 0.255 e. The van der Waals surface area contributed by atoms with E-state index in [-0.39, 0.29) is 18.9 Å². The van der Waals surface area contributed by atoms with E-state index in [1.54, 1.807) is 80.1 Å². The van der Waals surface area contributed by atoms with Crippen LogP contribution >= 0.6 is 11.3 Å². The Morgan fingerprint density at radius 3 is 2.32 bits per heavy atom. The summed E-state index contributed by atoms with van der Waals surface area (Å²) in [6.07, 6.45) is 1.90. The van der Waals surface area contributed by atoms with Crippen LogP contribution in [-0.2, 0) is 19.2 Å². The number of carbonyl (C=O) groups is 5. The molecule has 4 aromatic carbocycles. The van der Waals surface area contributed by atoms with Crippen molar-refractivity contribution in [1.82, 2.24) is 35.5 Å². The van der Waals surface area contributed by atoms with Gasteiger partial charge in [-0.05, 0) is 78.9 Å². The van der Waals surface area contributed by atoms with E-state index in [2.05, 4.69) is 46.5 Å². The molecule has 5 amide bonds. The Hall–Kier alpha value is -7.76. The first kappa shape index (κ1) is 46.8. The molecule has 68 heavy (non-hydrogen) atoms. The maximum atomic E-state index is 14.1. The highest BCUT2D eigenvalue weighted by molar-refractivity contribution is 7.13. The zero-order valence-electron chi connectivity index (χ0n) is 38.2. The van der Waals surface area contributed by atoms with Crippen LogP contribution in [0.2, 0.25) is 0 Å². The first-order valence-electron chi connectivity index (χ1n) is 22.1. The fourth-order valence-electron chi connectivity index (χ4n) is 8.17. The standard InChI is InChI=1S/C51H52N10O6S/c1-29(31-13-15-32(16-14-31)46-30(2)55-28-68-46)56-49(66)42-22-37(62)26-61(42)50(67)47(51(3,4)5)60-45(64)24-44(63)58-34-19-17-33(18-20-34)48(65)59-36-10-8-9-35(21-36)57-43-23-41(53-27-54-43)39-25-52-40-12-7-6-11-38(39)40/h6-21,23,25,27-29,37,42,47,52,62H,22,24,26H2,1-5H3,(H,56,66)(H,58,63)(H,59,65)(H,60,64)(H,53,54,57). The summed E-state index contributed by atoms with van der Waals surface area (Å²) in [4.78, 5) is 86.3. The zero-order chi connectivity index (χ0) is 48.1. The highest BCUT2D eigenvalue weighted by atomic mass is 32.1. The molecule has 0 bridgehead atoms. The number of hydrogen-bond donors (Lipinski definition) is 7. The van der Waals surface area contributed by atoms with Crippen molar-refractivity contribution in [3.63, 3.8) is 0 Å². The number of β-amino-alcohol motifs (C(OH)–C–C–N with tert-alkyl or cyclic N) is 1. The molecule has 1 fully saturated rings. The van der Waals surface area contributed by atoms with Crippen LogP contribution in [0.3, 0.4) is 0 Å². The molecule has 7 N–H and O–H groups in total. The number of para-hydroxylation sites is 1. The molecule has 17 heteroatoms. The average Bonchev–Trinajstić information content (AvgIpc) is 4.06. The number of thiazole rings is 1. The van der Waals surface area contributed by atoms with E-state index in [0.29, 0.717) is 28.4 Å². The molecule has 4 atom stereocenters. The molecule has 16 nitrogen and oxygen atoms in total. The van der Waals surface area contributed by atoms with Gasteiger partial charge in [0.05, 0.1) is 33.9 Å². The molecule has 7 aromatic rings. The Bertz CT molecular complexity index is 2980. The molecule has 8 rings (SSSR count). The molecule has 1 aliphatic rings. The van der Waals surface area contributed by atoms with Crippen LogP contribution in [0, 0.1) is 12.3 Å². The van der Waals surface area contributed by atoms with Crippen LogP contribution in [0.25, 0.3) is 32.6 Å². The summed E-state index contributed by atoms with van der Waals surface area (Å²) in [5.74, 6) is -2.12. The van der Waals surface area contributed by atoms with Gasteiger partial charge in [0.1, 0.15) is 30.6 Å². The van der Waals surface area contributed by atoms with Gasteiger partial charge in [-0.15, -0.1) is 11.3 Å². The lowest BCUT2D eigenvalue weighted by molar-refractivity contribution is -0.144. The first-order chi connectivity index (χ1) is 32.6. The highest BCUT2D eigenvalue weighted by Gasteiger charge is 2.45. The predicted molar refractivity (Wildman–Crippen MR) is 263 cm³/mol. The summed E-state index contributed by atoms with van der Waals surface area (Å²) in [6.45, 7) is 9.02. The number of rotatable bonds is 14. The van der Waals surface area contributed by atoms with Crippen LogP contribution in [-0.4, -0.2) is 84.2 Å². The van der Waals surface area contributed by atoms with Gasteiger partial charge >= 0.3 is 0 Å². The second kappa shape index (κ2) is 20.0. The molecule has 3 aromatic heterocycles. The van der Waals surface area contributed by atoms with Gasteiger partial charge in [0.25, 0.3) is 5.91 Å². The largest absolute Gasteiger partial charge is 0.391 e. The number of nitrogens with zero attached hydrogens (tertiary/aromatic N) is 4. The molecular formula is C51H52N10O6S. The van der Waals surface area contributed by atoms with Crippen LogP contribution in [0.5, 0.6) is 0 Å². The Kier molecular flexibility index (Phi) is 13.8. The molecule has 4 unspecified atom stereocenters. The fourth-order valence-corrected chi connectivity index (χ4v) is 8.98. The summed E-state index contributed by atoms with van der Waals surface area (Å²) in [6, 6.07) is 28.6. The lowest BCUT2D eigenvalue weighted by Gasteiger charge is -2.35. The smallest absolute Gasteiger partial charge is 0.255 e. The highest BCUT2D eigenvalue weighted by Crippen LogP contribution is 2.31. The van der Waals surface area contributed by atoms with Crippen molar-refractivity contribution >= 4 is 74.7 Å². The fraction of sp³-hybridized carbons (Fsp3) is 0.255. The normalized spacial score (nSPS) is 15.6. The minimum Gasteiger partial charge on any atom is -0.391 e. The summed E-state index contributed by atoms with van der Waals surface area (Å²) in [5, 5.41) is 26.3. The number of benzene rings is 4. The summed E-state index contributed by atoms with van der Waals surface area (Å²) in [7, 11) is 0. The monoisotopic (exact) mass is 932 g/mol. The SMILES string of the molecule is Cc1ncsc1-c1ccc(C(C)NC(=O)C2CC(O)CN2C(=O)C(NC(=O)CC(=O)Nc2ccc(C(=O)Nc3cccc(Nc4cc(-c5c[nH]c6ccccc56)ncn4)c3)cc2)C(C)(C)C)cc1. The Morgan fingerprint density at radius 1 is 0.838 bits per heavy atom. The van der Waals surface area contributed by atoms with E-state index >= 15 is 0 Å². The number of fused-ring (bicyclic) bond motifs is 1. The van der Waals surface area contributed by atoms with E-state index in [1.807, 2.05) is 80.7 Å². The van der Waals surface area contributed by atoms with Crippen LogP contribution in [0.15, 0.2) is 121 Å². The Labute approximate surface area is 397 Å². The minimum atomic E-state index is -1.12. The van der Waals surface area contributed by atoms with Gasteiger partial charge in [0.2, 0.25) is 23.6 Å². The number of aliphatic hydroxyl groups is 1. The minimum absolute atomic E-state index is 0.0336. The molecule has 0 aliphatic carbocycles. The molecule has 0 saturated carbocycles. The van der Waals surface area contributed by atoms with Crippen molar-refractivity contribution in [2.45, 2.75) is 71.7 Å². The van der Waals surface area contributed by atoms with Crippen molar-refractivity contribution in [2.75, 3.05) is 22.5 Å². The van der Waals surface area contributed by atoms with Crippen molar-refractivity contribution in [2.24, 2.45) is 5.41 Å². The second-order valence-electron chi connectivity index (χ2n) is 17.9. The van der Waals surface area contributed by atoms with E-state index in [4.69, 9.17) is 0 Å². The average molecular weight is 933 g/mol. The molecule has 348 valence electrons. The van der Waals surface area contributed by atoms with Gasteiger partial charge in [-0.3, -0.25) is 24.0 Å². The number of aromatic nitrogens is 4. The number of H-pyrrole nitrogens is 1. The van der Waals surface area contributed by atoms with Gasteiger partial charge in [-0.2, -0.15) is 0 Å².